The zero-order valence-corrected chi connectivity index (χ0v) is 17.3. The fourth-order valence-electron chi connectivity index (χ4n) is 3.80. The molecule has 30 heavy (non-hydrogen) atoms. The summed E-state index contributed by atoms with van der Waals surface area (Å²) in [6, 6.07) is 15.2. The van der Waals surface area contributed by atoms with Crippen molar-refractivity contribution in [1.82, 2.24) is 19.8 Å². The van der Waals surface area contributed by atoms with Gasteiger partial charge >= 0.3 is 0 Å². The summed E-state index contributed by atoms with van der Waals surface area (Å²) in [5, 5.41) is 3.52. The summed E-state index contributed by atoms with van der Waals surface area (Å²) in [6.07, 6.45) is 5.75. The number of nitrogens with one attached hydrogen (secondary N) is 1. The van der Waals surface area contributed by atoms with Gasteiger partial charge in [-0.25, -0.2) is 0 Å². The van der Waals surface area contributed by atoms with Crippen LogP contribution in [0.1, 0.15) is 35.7 Å². The second-order valence-electron chi connectivity index (χ2n) is 7.30. The number of halogens is 1. The Morgan fingerprint density at radius 3 is 2.57 bits per heavy atom. The van der Waals surface area contributed by atoms with Crippen molar-refractivity contribution in [3.63, 3.8) is 0 Å². The van der Waals surface area contributed by atoms with Gasteiger partial charge in [0, 0.05) is 61.8 Å². The molecule has 2 aromatic heterocycles. The van der Waals surface area contributed by atoms with Crippen LogP contribution in [0, 0.1) is 0 Å². The second kappa shape index (κ2) is 9.13. The van der Waals surface area contributed by atoms with Crippen LogP contribution in [0.3, 0.4) is 0 Å². The third-order valence-electron chi connectivity index (χ3n) is 5.35. The first-order valence-corrected chi connectivity index (χ1v) is 10.3. The Morgan fingerprint density at radius 1 is 1.03 bits per heavy atom. The van der Waals surface area contributed by atoms with Crippen LogP contribution in [0.15, 0.2) is 67.1 Å². The summed E-state index contributed by atoms with van der Waals surface area (Å²) in [4.78, 5) is 31.1. The molecule has 0 radical (unpaired) electrons. The molecule has 7 heteroatoms. The number of carbonyl (C=O) groups is 2. The minimum atomic E-state index is -0.182. The highest BCUT2D eigenvalue weighted by atomic mass is 35.5. The molecular formula is C23H23ClN4O2. The molecule has 4 rings (SSSR count). The van der Waals surface area contributed by atoms with E-state index in [-0.39, 0.29) is 30.7 Å². The molecule has 1 N–H and O–H groups in total. The van der Waals surface area contributed by atoms with Gasteiger partial charge in [-0.15, -0.1) is 0 Å². The van der Waals surface area contributed by atoms with Crippen molar-refractivity contribution in [2.75, 3.05) is 6.54 Å². The molecule has 154 valence electrons. The first-order valence-electron chi connectivity index (χ1n) is 9.97. The average Bonchev–Trinajstić information content (AvgIpc) is 3.25. The lowest BCUT2D eigenvalue weighted by atomic mass is 9.99. The Hall–Kier alpha value is -3.12. The molecule has 1 atom stereocenters. The van der Waals surface area contributed by atoms with Gasteiger partial charge in [0.05, 0.1) is 6.04 Å². The standard InChI is InChI=1S/C23H23ClN4O2/c24-19-5-3-18(4-6-19)23-20-2-1-13-27(20)14-15-28(23)22(30)8-7-21(29)26-16-17-9-11-25-12-10-17/h1-6,9-13,23H,7-8,14-16H2,(H,26,29). The van der Waals surface area contributed by atoms with Crippen molar-refractivity contribution in [2.45, 2.75) is 32.0 Å². The van der Waals surface area contributed by atoms with Crippen LogP contribution in [0.4, 0.5) is 0 Å². The van der Waals surface area contributed by atoms with Crippen LogP contribution in [0.2, 0.25) is 5.02 Å². The van der Waals surface area contributed by atoms with Gasteiger partial charge in [-0.3, -0.25) is 14.6 Å². The van der Waals surface area contributed by atoms with Gasteiger partial charge in [0.1, 0.15) is 0 Å². The molecule has 0 aliphatic carbocycles. The van der Waals surface area contributed by atoms with Crippen molar-refractivity contribution in [1.29, 1.82) is 0 Å². The van der Waals surface area contributed by atoms with Crippen molar-refractivity contribution >= 4 is 23.4 Å². The van der Waals surface area contributed by atoms with Gasteiger partial charge in [0.2, 0.25) is 11.8 Å². The van der Waals surface area contributed by atoms with E-state index in [1.165, 1.54) is 0 Å². The van der Waals surface area contributed by atoms with Crippen LogP contribution >= 0.6 is 11.6 Å². The van der Waals surface area contributed by atoms with E-state index in [4.69, 9.17) is 11.6 Å². The zero-order chi connectivity index (χ0) is 20.9. The maximum atomic E-state index is 13.1. The zero-order valence-electron chi connectivity index (χ0n) is 16.5. The minimum Gasteiger partial charge on any atom is -0.352 e. The van der Waals surface area contributed by atoms with Gasteiger partial charge in [-0.05, 0) is 47.5 Å². The van der Waals surface area contributed by atoms with Crippen LogP contribution in [0.25, 0.3) is 0 Å². The van der Waals surface area contributed by atoms with Gasteiger partial charge in [0.15, 0.2) is 0 Å². The maximum absolute atomic E-state index is 13.1. The van der Waals surface area contributed by atoms with Gasteiger partial charge in [0.25, 0.3) is 0 Å². The molecule has 0 fully saturated rings. The molecule has 6 nitrogen and oxygen atoms in total. The maximum Gasteiger partial charge on any atom is 0.223 e. The molecule has 0 saturated heterocycles. The number of hydrogen-bond donors (Lipinski definition) is 1. The summed E-state index contributed by atoms with van der Waals surface area (Å²) in [6.45, 7) is 1.78. The van der Waals surface area contributed by atoms with Gasteiger partial charge < -0.3 is 14.8 Å². The number of hydrogen-bond acceptors (Lipinski definition) is 3. The van der Waals surface area contributed by atoms with E-state index >= 15 is 0 Å². The molecule has 1 aromatic carbocycles. The number of carbonyl (C=O) groups excluding carboxylic acids is 2. The lowest BCUT2D eigenvalue weighted by Gasteiger charge is -2.37. The first kappa shape index (κ1) is 20.2. The highest BCUT2D eigenvalue weighted by Crippen LogP contribution is 2.33. The number of aromatic nitrogens is 2. The van der Waals surface area contributed by atoms with Crippen molar-refractivity contribution in [2.24, 2.45) is 0 Å². The average molecular weight is 423 g/mol. The Labute approximate surface area is 180 Å². The van der Waals surface area contributed by atoms with E-state index in [2.05, 4.69) is 14.9 Å². The van der Waals surface area contributed by atoms with E-state index in [1.54, 1.807) is 12.4 Å². The molecule has 0 bridgehead atoms. The van der Waals surface area contributed by atoms with E-state index < -0.39 is 0 Å². The Kier molecular flexibility index (Phi) is 6.14. The smallest absolute Gasteiger partial charge is 0.223 e. The fourth-order valence-corrected chi connectivity index (χ4v) is 3.93. The topological polar surface area (TPSA) is 67.2 Å². The Morgan fingerprint density at radius 2 is 1.80 bits per heavy atom. The molecule has 3 heterocycles. The fraction of sp³-hybridized carbons (Fsp3) is 0.261. The van der Waals surface area contributed by atoms with Crippen LogP contribution < -0.4 is 5.32 Å². The van der Waals surface area contributed by atoms with Crippen LogP contribution in [0.5, 0.6) is 0 Å². The third-order valence-corrected chi connectivity index (χ3v) is 5.60. The van der Waals surface area contributed by atoms with E-state index in [1.807, 2.05) is 59.6 Å². The minimum absolute atomic E-state index is 0.0264. The monoisotopic (exact) mass is 422 g/mol. The molecule has 1 unspecified atom stereocenters. The quantitative estimate of drug-likeness (QED) is 0.660. The first-order chi connectivity index (χ1) is 14.6. The summed E-state index contributed by atoms with van der Waals surface area (Å²) >= 11 is 6.05. The molecular weight excluding hydrogens is 400 g/mol. The number of amides is 2. The van der Waals surface area contributed by atoms with Gasteiger partial charge in [-0.1, -0.05) is 23.7 Å². The predicted octanol–water partition coefficient (Wildman–Crippen LogP) is 3.56. The Bertz CT molecular complexity index is 1020. The summed E-state index contributed by atoms with van der Waals surface area (Å²) in [5.41, 5.74) is 3.05. The number of fused-ring (bicyclic) bond motifs is 1. The molecule has 0 spiro atoms. The number of benzene rings is 1. The predicted molar refractivity (Wildman–Crippen MR) is 115 cm³/mol. The van der Waals surface area contributed by atoms with Crippen molar-refractivity contribution in [3.05, 3.63) is 89.0 Å². The van der Waals surface area contributed by atoms with Crippen LogP contribution in [-0.2, 0) is 22.7 Å². The molecule has 1 aliphatic rings. The summed E-state index contributed by atoms with van der Waals surface area (Å²) in [5.74, 6) is -0.162. The largest absolute Gasteiger partial charge is 0.352 e. The van der Waals surface area contributed by atoms with Crippen molar-refractivity contribution in [3.8, 4) is 0 Å². The Balaban J connectivity index is 1.42. The summed E-state index contributed by atoms with van der Waals surface area (Å²) < 4.78 is 2.17. The number of rotatable bonds is 6. The molecule has 3 aromatic rings. The van der Waals surface area contributed by atoms with Gasteiger partial charge in [-0.2, -0.15) is 0 Å². The SMILES string of the molecule is O=C(CCC(=O)N1CCn2cccc2C1c1ccc(Cl)cc1)NCc1ccncc1. The third kappa shape index (κ3) is 4.54. The lowest BCUT2D eigenvalue weighted by Crippen LogP contribution is -2.42. The molecule has 0 saturated carbocycles. The lowest BCUT2D eigenvalue weighted by molar-refractivity contribution is -0.136. The second-order valence-corrected chi connectivity index (χ2v) is 7.74. The number of pyridine rings is 1. The molecule has 1 aliphatic heterocycles. The normalized spacial score (nSPS) is 15.5. The highest BCUT2D eigenvalue weighted by molar-refractivity contribution is 6.30. The van der Waals surface area contributed by atoms with Crippen LogP contribution in [-0.4, -0.2) is 32.8 Å². The summed E-state index contributed by atoms with van der Waals surface area (Å²) in [7, 11) is 0. The van der Waals surface area contributed by atoms with E-state index in [0.29, 0.717) is 18.1 Å². The van der Waals surface area contributed by atoms with E-state index in [0.717, 1.165) is 23.4 Å². The highest BCUT2D eigenvalue weighted by Gasteiger charge is 2.32. The number of nitrogens with zero attached hydrogens (tertiary/aromatic N) is 3. The van der Waals surface area contributed by atoms with E-state index in [9.17, 15) is 9.59 Å². The molecule has 2 amide bonds. The van der Waals surface area contributed by atoms with Crippen molar-refractivity contribution < 1.29 is 9.59 Å².